The topological polar surface area (TPSA) is 76.0 Å². The van der Waals surface area contributed by atoms with Gasteiger partial charge in [0.05, 0.1) is 10.6 Å². The highest BCUT2D eigenvalue weighted by Crippen LogP contribution is 2.19. The molecule has 0 saturated heterocycles. The van der Waals surface area contributed by atoms with Gasteiger partial charge in [-0.2, -0.15) is 0 Å². The molecule has 76 valence electrons. The van der Waals surface area contributed by atoms with Crippen molar-refractivity contribution in [3.63, 3.8) is 0 Å². The van der Waals surface area contributed by atoms with Crippen molar-refractivity contribution in [2.75, 3.05) is 0 Å². The van der Waals surface area contributed by atoms with Crippen LogP contribution in [0.1, 0.15) is 22.5 Å². The number of aromatic amines is 1. The van der Waals surface area contributed by atoms with Crippen molar-refractivity contribution in [3.8, 4) is 0 Å². The Morgan fingerprint density at radius 1 is 1.57 bits per heavy atom. The van der Waals surface area contributed by atoms with Gasteiger partial charge in [0.2, 0.25) is 0 Å². The fraction of sp³-hybridized carbons (Fsp3) is 0.143. The summed E-state index contributed by atoms with van der Waals surface area (Å²) in [6.07, 6.45) is -2.95. The Bertz CT molecular complexity index is 430. The fourth-order valence-corrected chi connectivity index (χ4v) is 1.12. The summed E-state index contributed by atoms with van der Waals surface area (Å²) in [5.41, 5.74) is 2.59. The molecule has 1 aromatic rings. The highest BCUT2D eigenvalue weighted by atomic mass is 35.5. The number of primary amides is 1. The molecule has 0 aliphatic rings. The van der Waals surface area contributed by atoms with E-state index in [1.807, 2.05) is 4.98 Å². The minimum absolute atomic E-state index is 0.299. The molecule has 0 saturated carbocycles. The normalized spacial score (nSPS) is 10.6. The van der Waals surface area contributed by atoms with E-state index in [1.54, 1.807) is 0 Å². The van der Waals surface area contributed by atoms with Crippen LogP contribution in [0.3, 0.4) is 0 Å². The number of amides is 1. The van der Waals surface area contributed by atoms with Gasteiger partial charge in [0.15, 0.2) is 0 Å². The average Bonchev–Trinajstić information content (AvgIpc) is 2.07. The van der Waals surface area contributed by atoms with Crippen LogP contribution >= 0.6 is 11.6 Å². The van der Waals surface area contributed by atoms with Crippen LogP contribution in [0, 0.1) is 0 Å². The minimum Gasteiger partial charge on any atom is -0.364 e. The van der Waals surface area contributed by atoms with Gasteiger partial charge in [-0.3, -0.25) is 9.59 Å². The van der Waals surface area contributed by atoms with E-state index in [0.717, 1.165) is 6.07 Å². The van der Waals surface area contributed by atoms with Crippen LogP contribution < -0.4 is 11.3 Å². The number of nitrogens with one attached hydrogen (secondary N) is 1. The fourth-order valence-electron chi connectivity index (χ4n) is 0.861. The van der Waals surface area contributed by atoms with E-state index in [1.165, 1.54) is 0 Å². The molecule has 0 aromatic carbocycles. The number of hydrogen-bond acceptors (Lipinski definition) is 2. The van der Waals surface area contributed by atoms with Gasteiger partial charge < -0.3 is 10.7 Å². The highest BCUT2D eigenvalue weighted by molar-refractivity contribution is 6.33. The van der Waals surface area contributed by atoms with Crippen molar-refractivity contribution in [1.29, 1.82) is 0 Å². The third-order valence-corrected chi connectivity index (χ3v) is 1.80. The molecular weight excluding hydrogens is 218 g/mol. The standard InChI is InChI=1S/C7H5ClF2N2O2/c8-3-1-2(5(9)10)7(14)12-4(3)6(11)13/h1,5H,(H2,11,13)(H,12,14). The van der Waals surface area contributed by atoms with Crippen LogP contribution in [-0.4, -0.2) is 10.9 Å². The molecular formula is C7H5ClF2N2O2. The van der Waals surface area contributed by atoms with Crippen molar-refractivity contribution >= 4 is 17.5 Å². The Kier molecular flexibility index (Phi) is 2.85. The number of alkyl halides is 2. The minimum atomic E-state index is -2.95. The molecule has 1 rings (SSSR count). The van der Waals surface area contributed by atoms with E-state index in [0.29, 0.717) is 0 Å². The van der Waals surface area contributed by atoms with Crippen LogP contribution in [0.5, 0.6) is 0 Å². The molecule has 1 heterocycles. The zero-order valence-electron chi connectivity index (χ0n) is 6.68. The van der Waals surface area contributed by atoms with Gasteiger partial charge >= 0.3 is 0 Å². The summed E-state index contributed by atoms with van der Waals surface area (Å²) in [4.78, 5) is 23.5. The van der Waals surface area contributed by atoms with Crippen LogP contribution in [0.25, 0.3) is 0 Å². The second-order valence-corrected chi connectivity index (χ2v) is 2.85. The predicted octanol–water partition coefficient (Wildman–Crippen LogP) is 1.06. The lowest BCUT2D eigenvalue weighted by atomic mass is 10.2. The quantitative estimate of drug-likeness (QED) is 0.785. The number of aromatic nitrogens is 1. The SMILES string of the molecule is NC(=O)c1[nH]c(=O)c(C(F)F)cc1Cl. The predicted molar refractivity (Wildman–Crippen MR) is 45.5 cm³/mol. The molecule has 1 amide bonds. The number of carbonyl (C=O) groups excluding carboxylic acids is 1. The zero-order chi connectivity index (χ0) is 10.9. The number of hydrogen-bond donors (Lipinski definition) is 2. The van der Waals surface area contributed by atoms with Crippen LogP contribution in [0.15, 0.2) is 10.9 Å². The Labute approximate surface area is 81.7 Å². The lowest BCUT2D eigenvalue weighted by Gasteiger charge is -2.02. The molecule has 0 radical (unpaired) electrons. The Morgan fingerprint density at radius 3 is 2.57 bits per heavy atom. The van der Waals surface area contributed by atoms with Crippen molar-refractivity contribution in [2.45, 2.75) is 6.43 Å². The summed E-state index contributed by atoms with van der Waals surface area (Å²) in [6, 6.07) is 0.727. The summed E-state index contributed by atoms with van der Waals surface area (Å²) >= 11 is 5.44. The molecule has 0 atom stereocenters. The molecule has 0 bridgehead atoms. The number of halogens is 3. The first-order chi connectivity index (χ1) is 6.43. The summed E-state index contributed by atoms with van der Waals surface area (Å²) in [5, 5.41) is -0.299. The molecule has 0 aliphatic carbocycles. The molecule has 7 heteroatoms. The molecule has 0 fully saturated rings. The van der Waals surface area contributed by atoms with E-state index < -0.39 is 23.5 Å². The van der Waals surface area contributed by atoms with E-state index in [-0.39, 0.29) is 10.7 Å². The van der Waals surface area contributed by atoms with Gasteiger partial charge in [-0.25, -0.2) is 8.78 Å². The largest absolute Gasteiger partial charge is 0.364 e. The molecule has 0 spiro atoms. The van der Waals surface area contributed by atoms with Crippen LogP contribution in [0.2, 0.25) is 5.02 Å². The summed E-state index contributed by atoms with van der Waals surface area (Å²) in [5.74, 6) is -0.979. The van der Waals surface area contributed by atoms with Crippen molar-refractivity contribution in [3.05, 3.63) is 32.7 Å². The molecule has 4 nitrogen and oxygen atoms in total. The molecule has 14 heavy (non-hydrogen) atoms. The summed E-state index contributed by atoms with van der Waals surface area (Å²) in [6.45, 7) is 0. The number of carbonyl (C=O) groups is 1. The van der Waals surface area contributed by atoms with Gasteiger partial charge in [-0.05, 0) is 6.07 Å². The second kappa shape index (κ2) is 3.75. The first-order valence-corrected chi connectivity index (χ1v) is 3.82. The summed E-state index contributed by atoms with van der Waals surface area (Å²) < 4.78 is 24.3. The maximum Gasteiger partial charge on any atom is 0.269 e. The Hall–Kier alpha value is -1.43. The van der Waals surface area contributed by atoms with Gasteiger partial charge in [-0.1, -0.05) is 11.6 Å². The smallest absolute Gasteiger partial charge is 0.269 e. The Balaban J connectivity index is 3.39. The average molecular weight is 223 g/mol. The molecule has 0 aliphatic heterocycles. The van der Waals surface area contributed by atoms with Crippen molar-refractivity contribution in [2.24, 2.45) is 5.73 Å². The van der Waals surface area contributed by atoms with Crippen molar-refractivity contribution < 1.29 is 13.6 Å². The van der Waals surface area contributed by atoms with E-state index in [9.17, 15) is 18.4 Å². The maximum absolute atomic E-state index is 12.1. The monoisotopic (exact) mass is 222 g/mol. The lowest BCUT2D eigenvalue weighted by Crippen LogP contribution is -2.22. The third kappa shape index (κ3) is 1.90. The lowest BCUT2D eigenvalue weighted by molar-refractivity contribution is 0.0994. The number of pyridine rings is 1. The molecule has 1 aromatic heterocycles. The highest BCUT2D eigenvalue weighted by Gasteiger charge is 2.16. The van der Waals surface area contributed by atoms with E-state index >= 15 is 0 Å². The maximum atomic E-state index is 12.1. The Morgan fingerprint density at radius 2 is 2.14 bits per heavy atom. The van der Waals surface area contributed by atoms with Gasteiger partial charge in [0.25, 0.3) is 17.9 Å². The van der Waals surface area contributed by atoms with Gasteiger partial charge in [-0.15, -0.1) is 0 Å². The van der Waals surface area contributed by atoms with Gasteiger partial charge in [0, 0.05) is 0 Å². The van der Waals surface area contributed by atoms with Gasteiger partial charge in [0.1, 0.15) is 5.69 Å². The number of rotatable bonds is 2. The molecule has 0 unspecified atom stereocenters. The molecule has 3 N–H and O–H groups in total. The van der Waals surface area contributed by atoms with Crippen LogP contribution in [-0.2, 0) is 0 Å². The number of H-pyrrole nitrogens is 1. The van der Waals surface area contributed by atoms with Crippen LogP contribution in [0.4, 0.5) is 8.78 Å². The second-order valence-electron chi connectivity index (χ2n) is 2.44. The van der Waals surface area contributed by atoms with Crippen molar-refractivity contribution in [1.82, 2.24) is 4.98 Å². The summed E-state index contributed by atoms with van der Waals surface area (Å²) in [7, 11) is 0. The first kappa shape index (κ1) is 10.6. The third-order valence-electron chi connectivity index (χ3n) is 1.50. The van der Waals surface area contributed by atoms with E-state index in [2.05, 4.69) is 0 Å². The number of nitrogens with two attached hydrogens (primary N) is 1. The van der Waals surface area contributed by atoms with E-state index in [4.69, 9.17) is 17.3 Å². The first-order valence-electron chi connectivity index (χ1n) is 3.44. The zero-order valence-corrected chi connectivity index (χ0v) is 7.44.